The summed E-state index contributed by atoms with van der Waals surface area (Å²) in [5.74, 6) is 0.00258. The molecule has 1 aromatic heterocycles. The van der Waals surface area contributed by atoms with E-state index in [2.05, 4.69) is 10.3 Å². The average molecular weight is 275 g/mol. The molecule has 0 saturated heterocycles. The third-order valence-corrected chi connectivity index (χ3v) is 4.57. The van der Waals surface area contributed by atoms with E-state index in [0.29, 0.717) is 6.42 Å². The highest BCUT2D eigenvalue weighted by atomic mass is 32.1. The fraction of sp³-hybridized carbons (Fsp3) is 0.429. The van der Waals surface area contributed by atoms with Crippen molar-refractivity contribution in [2.45, 2.75) is 38.1 Å². The SMILES string of the molecule is Cc1nc2ccc(NC(=O)CC3(N)CCC3)cc2s1. The van der Waals surface area contributed by atoms with Gasteiger partial charge in [0.15, 0.2) is 0 Å². The predicted octanol–water partition coefficient (Wildman–Crippen LogP) is 2.81. The first-order valence-corrected chi connectivity index (χ1v) is 7.32. The number of amides is 1. The number of aryl methyl sites for hydroxylation is 1. The molecule has 0 bridgehead atoms. The molecular weight excluding hydrogens is 258 g/mol. The maximum absolute atomic E-state index is 12.0. The molecule has 3 rings (SSSR count). The lowest BCUT2D eigenvalue weighted by molar-refractivity contribution is -0.118. The average Bonchev–Trinajstić information content (AvgIpc) is 2.66. The minimum atomic E-state index is -0.269. The molecule has 100 valence electrons. The lowest BCUT2D eigenvalue weighted by Gasteiger charge is -2.37. The lowest BCUT2D eigenvalue weighted by atomic mass is 9.75. The normalized spacial score (nSPS) is 17.2. The van der Waals surface area contributed by atoms with E-state index >= 15 is 0 Å². The van der Waals surface area contributed by atoms with Crippen molar-refractivity contribution < 1.29 is 4.79 Å². The van der Waals surface area contributed by atoms with Gasteiger partial charge in [-0.1, -0.05) is 0 Å². The van der Waals surface area contributed by atoms with Crippen LogP contribution in [-0.2, 0) is 4.79 Å². The molecule has 1 amide bonds. The second kappa shape index (κ2) is 4.58. The van der Waals surface area contributed by atoms with Gasteiger partial charge in [-0.05, 0) is 44.4 Å². The monoisotopic (exact) mass is 275 g/mol. The van der Waals surface area contributed by atoms with Crippen LogP contribution in [0.25, 0.3) is 10.2 Å². The Morgan fingerprint density at radius 3 is 3.00 bits per heavy atom. The Bertz CT molecular complexity index is 631. The molecule has 0 atom stereocenters. The molecule has 4 nitrogen and oxygen atoms in total. The van der Waals surface area contributed by atoms with Gasteiger partial charge in [-0.15, -0.1) is 11.3 Å². The summed E-state index contributed by atoms with van der Waals surface area (Å²) in [7, 11) is 0. The van der Waals surface area contributed by atoms with E-state index in [1.165, 1.54) is 0 Å². The summed E-state index contributed by atoms with van der Waals surface area (Å²) in [6, 6.07) is 5.81. The maximum atomic E-state index is 12.0. The molecule has 0 aliphatic heterocycles. The van der Waals surface area contributed by atoms with Gasteiger partial charge in [0.05, 0.1) is 15.2 Å². The number of nitrogens with one attached hydrogen (secondary N) is 1. The highest BCUT2D eigenvalue weighted by molar-refractivity contribution is 7.18. The summed E-state index contributed by atoms with van der Waals surface area (Å²) in [6.07, 6.45) is 3.45. The predicted molar refractivity (Wildman–Crippen MR) is 78.4 cm³/mol. The van der Waals surface area contributed by atoms with Crippen LogP contribution in [0, 0.1) is 6.92 Å². The zero-order valence-electron chi connectivity index (χ0n) is 10.9. The molecular formula is C14H17N3OS. The number of rotatable bonds is 3. The molecule has 2 aromatic rings. The van der Waals surface area contributed by atoms with Crippen LogP contribution < -0.4 is 11.1 Å². The molecule has 1 saturated carbocycles. The number of nitrogens with zero attached hydrogens (tertiary/aromatic N) is 1. The van der Waals surface area contributed by atoms with Gasteiger partial charge >= 0.3 is 0 Å². The van der Waals surface area contributed by atoms with Gasteiger partial charge in [0.1, 0.15) is 0 Å². The molecule has 19 heavy (non-hydrogen) atoms. The zero-order valence-corrected chi connectivity index (χ0v) is 11.7. The summed E-state index contributed by atoms with van der Waals surface area (Å²) in [5.41, 5.74) is 7.62. The van der Waals surface area contributed by atoms with Crippen LogP contribution in [0.4, 0.5) is 5.69 Å². The van der Waals surface area contributed by atoms with Gasteiger partial charge in [-0.2, -0.15) is 0 Å². The van der Waals surface area contributed by atoms with Crippen LogP contribution in [0.2, 0.25) is 0 Å². The van der Waals surface area contributed by atoms with E-state index in [-0.39, 0.29) is 11.4 Å². The first-order chi connectivity index (χ1) is 9.04. The number of benzene rings is 1. The standard InChI is InChI=1S/C14H17N3OS/c1-9-16-11-4-3-10(7-12(11)19-9)17-13(18)8-14(15)5-2-6-14/h3-4,7H,2,5-6,8,15H2,1H3,(H,17,18). The number of carbonyl (C=O) groups is 1. The number of carbonyl (C=O) groups excluding carboxylic acids is 1. The van der Waals surface area contributed by atoms with Gasteiger partial charge in [0, 0.05) is 17.6 Å². The second-order valence-electron chi connectivity index (χ2n) is 5.36. The van der Waals surface area contributed by atoms with Crippen molar-refractivity contribution in [3.63, 3.8) is 0 Å². The Balaban J connectivity index is 1.71. The zero-order chi connectivity index (χ0) is 13.5. The topological polar surface area (TPSA) is 68.0 Å². The van der Waals surface area contributed by atoms with Crippen molar-refractivity contribution in [2.75, 3.05) is 5.32 Å². The van der Waals surface area contributed by atoms with E-state index in [0.717, 1.165) is 40.2 Å². The minimum absolute atomic E-state index is 0.00258. The summed E-state index contributed by atoms with van der Waals surface area (Å²) < 4.78 is 1.10. The number of aromatic nitrogens is 1. The van der Waals surface area contributed by atoms with E-state index in [1.807, 2.05) is 25.1 Å². The van der Waals surface area contributed by atoms with Crippen LogP contribution in [0.1, 0.15) is 30.7 Å². The summed E-state index contributed by atoms with van der Waals surface area (Å²) in [4.78, 5) is 16.4. The highest BCUT2D eigenvalue weighted by Crippen LogP contribution is 2.32. The van der Waals surface area contributed by atoms with Crippen molar-refractivity contribution in [3.05, 3.63) is 23.2 Å². The van der Waals surface area contributed by atoms with Crippen LogP contribution in [0.15, 0.2) is 18.2 Å². The number of hydrogen-bond acceptors (Lipinski definition) is 4. The smallest absolute Gasteiger partial charge is 0.226 e. The second-order valence-corrected chi connectivity index (χ2v) is 6.59. The van der Waals surface area contributed by atoms with Gasteiger partial charge in [0.25, 0.3) is 0 Å². The Hall–Kier alpha value is -1.46. The number of thiazole rings is 1. The van der Waals surface area contributed by atoms with Crippen molar-refractivity contribution in [1.29, 1.82) is 0 Å². The molecule has 0 spiro atoms. The third-order valence-electron chi connectivity index (χ3n) is 3.64. The number of anilines is 1. The van der Waals surface area contributed by atoms with Crippen molar-refractivity contribution in [1.82, 2.24) is 4.98 Å². The quantitative estimate of drug-likeness (QED) is 0.905. The number of hydrogen-bond donors (Lipinski definition) is 2. The van der Waals surface area contributed by atoms with Gasteiger partial charge in [0.2, 0.25) is 5.91 Å². The summed E-state index contributed by atoms with van der Waals surface area (Å²) >= 11 is 1.64. The molecule has 3 N–H and O–H groups in total. The van der Waals surface area contributed by atoms with E-state index in [4.69, 9.17) is 5.73 Å². The molecule has 0 unspecified atom stereocenters. The fourth-order valence-electron chi connectivity index (χ4n) is 2.45. The van der Waals surface area contributed by atoms with Gasteiger partial charge in [-0.3, -0.25) is 4.79 Å². The first kappa shape index (κ1) is 12.6. The third kappa shape index (κ3) is 2.62. The lowest BCUT2D eigenvalue weighted by Crippen LogP contribution is -2.48. The summed E-state index contributed by atoms with van der Waals surface area (Å²) in [5, 5.41) is 3.96. The maximum Gasteiger partial charge on any atom is 0.226 e. The van der Waals surface area contributed by atoms with Gasteiger partial charge < -0.3 is 11.1 Å². The van der Waals surface area contributed by atoms with Crippen LogP contribution in [0.3, 0.4) is 0 Å². The van der Waals surface area contributed by atoms with Crippen LogP contribution in [0.5, 0.6) is 0 Å². The Labute approximate surface area is 116 Å². The fourth-order valence-corrected chi connectivity index (χ4v) is 3.32. The van der Waals surface area contributed by atoms with Crippen molar-refractivity contribution in [2.24, 2.45) is 5.73 Å². The van der Waals surface area contributed by atoms with Crippen LogP contribution in [-0.4, -0.2) is 16.4 Å². The Morgan fingerprint density at radius 2 is 2.32 bits per heavy atom. The Morgan fingerprint density at radius 1 is 1.53 bits per heavy atom. The molecule has 1 aromatic carbocycles. The molecule has 1 fully saturated rings. The molecule has 0 radical (unpaired) electrons. The number of fused-ring (bicyclic) bond motifs is 1. The van der Waals surface area contributed by atoms with Crippen molar-refractivity contribution >= 4 is 33.1 Å². The van der Waals surface area contributed by atoms with E-state index in [9.17, 15) is 4.79 Å². The Kier molecular flexibility index (Phi) is 3.03. The molecule has 5 heteroatoms. The first-order valence-electron chi connectivity index (χ1n) is 6.50. The molecule has 1 heterocycles. The minimum Gasteiger partial charge on any atom is -0.326 e. The molecule has 1 aliphatic carbocycles. The van der Waals surface area contributed by atoms with Crippen LogP contribution >= 0.6 is 11.3 Å². The molecule has 1 aliphatic rings. The number of nitrogens with two attached hydrogens (primary N) is 1. The van der Waals surface area contributed by atoms with Crippen molar-refractivity contribution in [3.8, 4) is 0 Å². The largest absolute Gasteiger partial charge is 0.326 e. The van der Waals surface area contributed by atoms with Gasteiger partial charge in [-0.25, -0.2) is 4.98 Å². The van der Waals surface area contributed by atoms with E-state index in [1.54, 1.807) is 11.3 Å². The van der Waals surface area contributed by atoms with E-state index < -0.39 is 0 Å². The highest BCUT2D eigenvalue weighted by Gasteiger charge is 2.34. The summed E-state index contributed by atoms with van der Waals surface area (Å²) in [6.45, 7) is 1.98.